The molecule has 0 fully saturated rings. The number of pyridine rings is 1. The lowest BCUT2D eigenvalue weighted by molar-refractivity contribution is 0.669. The third-order valence-electron chi connectivity index (χ3n) is 11.6. The van der Waals surface area contributed by atoms with E-state index in [4.69, 9.17) is 19.4 Å². The van der Waals surface area contributed by atoms with Crippen LogP contribution in [0.4, 0.5) is 0 Å². The number of nitrogens with zero attached hydrogens (tertiary/aromatic N) is 6. The number of furan rings is 1. The Morgan fingerprint density at radius 3 is 1.77 bits per heavy atom. The molecule has 13 rings (SSSR count). The molecule has 0 radical (unpaired) electrons. The minimum absolute atomic E-state index is 0.594. The van der Waals surface area contributed by atoms with Gasteiger partial charge in [0.15, 0.2) is 17.5 Å². The molecule has 7 aromatic carbocycles. The quantitative estimate of drug-likeness (QED) is 0.176. The molecule has 57 heavy (non-hydrogen) atoms. The average Bonchev–Trinajstić information content (AvgIpc) is 3.91. The molecule has 13 aromatic rings. The molecule has 0 N–H and O–H groups in total. The SMILES string of the molecule is c1ccc(-c2nc(-c3ccccc3)nc(-c3cc(-c4ccncc4)cc(-n4c5ccc6oc7ccc8c9ccccc9n9c%10cccc4c%10c5c6c7c89)c3)n2)cc1. The van der Waals surface area contributed by atoms with E-state index in [0.717, 1.165) is 72.0 Å². The van der Waals surface area contributed by atoms with Gasteiger partial charge >= 0.3 is 0 Å². The number of para-hydroxylation sites is 1. The zero-order chi connectivity index (χ0) is 37.2. The molecule has 0 saturated heterocycles. The van der Waals surface area contributed by atoms with Crippen molar-refractivity contribution < 1.29 is 4.42 Å². The number of aromatic nitrogens is 6. The number of hydrogen-bond acceptors (Lipinski definition) is 5. The molecule has 7 nitrogen and oxygen atoms in total. The van der Waals surface area contributed by atoms with Gasteiger partial charge in [0, 0.05) is 61.7 Å². The highest BCUT2D eigenvalue weighted by atomic mass is 16.3. The first kappa shape index (κ1) is 30.4. The molecule has 0 spiro atoms. The summed E-state index contributed by atoms with van der Waals surface area (Å²) < 4.78 is 11.5. The number of rotatable bonds is 5. The van der Waals surface area contributed by atoms with Crippen LogP contribution in [0.1, 0.15) is 0 Å². The van der Waals surface area contributed by atoms with E-state index in [9.17, 15) is 0 Å². The topological polar surface area (TPSA) is 74.0 Å². The highest BCUT2D eigenvalue weighted by Gasteiger charge is 2.26. The van der Waals surface area contributed by atoms with E-state index in [2.05, 4.69) is 111 Å². The molecule has 6 heterocycles. The van der Waals surface area contributed by atoms with E-state index >= 15 is 0 Å². The van der Waals surface area contributed by atoms with Crippen LogP contribution in [0.3, 0.4) is 0 Å². The summed E-state index contributed by atoms with van der Waals surface area (Å²) in [7, 11) is 0. The van der Waals surface area contributed by atoms with Gasteiger partial charge in [0.2, 0.25) is 0 Å². The van der Waals surface area contributed by atoms with Crippen LogP contribution in [0.15, 0.2) is 175 Å². The maximum absolute atomic E-state index is 6.65. The first-order chi connectivity index (χ1) is 28.3. The lowest BCUT2D eigenvalue weighted by Gasteiger charge is -2.14. The van der Waals surface area contributed by atoms with Crippen LogP contribution in [0.5, 0.6) is 0 Å². The largest absolute Gasteiger partial charge is 0.456 e. The highest BCUT2D eigenvalue weighted by Crippen LogP contribution is 2.48. The summed E-state index contributed by atoms with van der Waals surface area (Å²) in [6.07, 6.45) is 3.68. The molecule has 0 atom stereocenters. The van der Waals surface area contributed by atoms with Gasteiger partial charge in [-0.05, 0) is 83.9 Å². The average molecular weight is 729 g/mol. The van der Waals surface area contributed by atoms with Crippen LogP contribution < -0.4 is 0 Å². The fraction of sp³-hybridized carbons (Fsp3) is 0. The third-order valence-corrected chi connectivity index (χ3v) is 11.6. The van der Waals surface area contributed by atoms with E-state index in [1.807, 2.05) is 73.1 Å². The van der Waals surface area contributed by atoms with E-state index < -0.39 is 0 Å². The minimum atomic E-state index is 0.594. The molecule has 0 saturated carbocycles. The van der Waals surface area contributed by atoms with Gasteiger partial charge in [-0.25, -0.2) is 15.0 Å². The second-order valence-electron chi connectivity index (χ2n) is 14.7. The fourth-order valence-electron chi connectivity index (χ4n) is 9.16. The maximum Gasteiger partial charge on any atom is 0.164 e. The molecular formula is C50H28N6O. The second-order valence-corrected chi connectivity index (χ2v) is 14.7. The minimum Gasteiger partial charge on any atom is -0.456 e. The molecule has 0 unspecified atom stereocenters. The van der Waals surface area contributed by atoms with Crippen LogP contribution in [-0.4, -0.2) is 28.9 Å². The molecule has 0 aliphatic heterocycles. The predicted molar refractivity (Wildman–Crippen MR) is 229 cm³/mol. The fourth-order valence-corrected chi connectivity index (χ4v) is 9.16. The molecule has 7 heteroatoms. The van der Waals surface area contributed by atoms with Crippen molar-refractivity contribution in [2.75, 3.05) is 0 Å². The van der Waals surface area contributed by atoms with Gasteiger partial charge in [-0.1, -0.05) is 84.9 Å². The first-order valence-electron chi connectivity index (χ1n) is 19.0. The number of hydrogen-bond donors (Lipinski definition) is 0. The van der Waals surface area contributed by atoms with Gasteiger partial charge in [0.25, 0.3) is 0 Å². The van der Waals surface area contributed by atoms with Crippen molar-refractivity contribution in [3.8, 4) is 51.0 Å². The Kier molecular flexibility index (Phi) is 6.04. The summed E-state index contributed by atoms with van der Waals surface area (Å²) in [5.41, 5.74) is 13.3. The van der Waals surface area contributed by atoms with Crippen LogP contribution in [0.2, 0.25) is 0 Å². The molecular weight excluding hydrogens is 701 g/mol. The highest BCUT2D eigenvalue weighted by molar-refractivity contribution is 6.37. The van der Waals surface area contributed by atoms with Crippen molar-refractivity contribution in [1.82, 2.24) is 28.9 Å². The van der Waals surface area contributed by atoms with Gasteiger partial charge in [-0.3, -0.25) is 4.98 Å². The summed E-state index contributed by atoms with van der Waals surface area (Å²) in [6.45, 7) is 0. The maximum atomic E-state index is 6.65. The van der Waals surface area contributed by atoms with E-state index in [-0.39, 0.29) is 0 Å². The molecule has 0 aliphatic carbocycles. The zero-order valence-electron chi connectivity index (χ0n) is 30.3. The Labute approximate surface area is 324 Å². The van der Waals surface area contributed by atoms with E-state index in [1.54, 1.807) is 0 Å². The normalized spacial score (nSPS) is 12.2. The Balaban J connectivity index is 1.16. The Hall–Kier alpha value is -7.90. The second kappa shape index (κ2) is 11.3. The standard InChI is InChI=1S/C50H28N6O/c1-3-10-30(11-4-1)48-52-49(31-12-5-2-6-13-31)54-50(53-48)33-26-32(29-22-24-51-25-23-29)27-34(28-33)55-38-16-9-17-39-43(38)44-40(55)19-21-41-45(44)46-42(57-41)20-18-36-35-14-7-8-15-37(35)56(39)47(36)46/h1-28H. The van der Waals surface area contributed by atoms with Gasteiger partial charge in [0.1, 0.15) is 11.2 Å². The third kappa shape index (κ3) is 4.25. The number of fused-ring (bicyclic) bond motifs is 4. The van der Waals surface area contributed by atoms with E-state index in [0.29, 0.717) is 17.5 Å². The molecule has 0 aliphatic rings. The monoisotopic (exact) mass is 728 g/mol. The van der Waals surface area contributed by atoms with Gasteiger partial charge in [-0.15, -0.1) is 0 Å². The summed E-state index contributed by atoms with van der Waals surface area (Å²) in [6, 6.07) is 55.1. The Bertz CT molecular complexity index is 3620. The van der Waals surface area contributed by atoms with Gasteiger partial charge < -0.3 is 13.4 Å². The summed E-state index contributed by atoms with van der Waals surface area (Å²) in [5, 5.41) is 7.13. The van der Waals surface area contributed by atoms with Crippen LogP contribution in [0.25, 0.3) is 122 Å². The molecule has 264 valence electrons. The zero-order valence-corrected chi connectivity index (χ0v) is 30.3. The lowest BCUT2D eigenvalue weighted by Crippen LogP contribution is -2.02. The Morgan fingerprint density at radius 1 is 0.386 bits per heavy atom. The molecule has 0 bridgehead atoms. The van der Waals surface area contributed by atoms with Crippen molar-refractivity contribution in [2.45, 2.75) is 0 Å². The summed E-state index contributed by atoms with van der Waals surface area (Å²) in [4.78, 5) is 19.6. The van der Waals surface area contributed by atoms with Gasteiger partial charge in [-0.2, -0.15) is 0 Å². The van der Waals surface area contributed by atoms with Crippen LogP contribution >= 0.6 is 0 Å². The van der Waals surface area contributed by atoms with Crippen molar-refractivity contribution in [2.24, 2.45) is 0 Å². The summed E-state index contributed by atoms with van der Waals surface area (Å²) >= 11 is 0. The Morgan fingerprint density at radius 2 is 1.00 bits per heavy atom. The number of benzene rings is 7. The predicted octanol–water partition coefficient (Wildman–Crippen LogP) is 12.4. The molecule has 6 aromatic heterocycles. The van der Waals surface area contributed by atoms with Crippen LogP contribution in [0, 0.1) is 0 Å². The van der Waals surface area contributed by atoms with Crippen molar-refractivity contribution in [1.29, 1.82) is 0 Å². The molecule has 0 amide bonds. The van der Waals surface area contributed by atoms with Gasteiger partial charge in [0.05, 0.1) is 33.0 Å². The van der Waals surface area contributed by atoms with Crippen molar-refractivity contribution in [3.63, 3.8) is 0 Å². The first-order valence-corrected chi connectivity index (χ1v) is 19.0. The van der Waals surface area contributed by atoms with Crippen molar-refractivity contribution in [3.05, 3.63) is 170 Å². The smallest absolute Gasteiger partial charge is 0.164 e. The van der Waals surface area contributed by atoms with E-state index in [1.165, 1.54) is 32.6 Å². The lowest BCUT2D eigenvalue weighted by atomic mass is 10.0. The summed E-state index contributed by atoms with van der Waals surface area (Å²) in [5.74, 6) is 1.83. The van der Waals surface area contributed by atoms with Crippen molar-refractivity contribution >= 4 is 71.1 Å². The van der Waals surface area contributed by atoms with Crippen LogP contribution in [-0.2, 0) is 0 Å².